The highest BCUT2D eigenvalue weighted by atomic mass is 35.5. The first-order valence-electron chi connectivity index (χ1n) is 4.42. The molecule has 3 nitrogen and oxygen atoms in total. The Hall–Kier alpha value is -1.61. The lowest BCUT2D eigenvalue weighted by atomic mass is 10.1. The Morgan fingerprint density at radius 2 is 2.20 bits per heavy atom. The van der Waals surface area contributed by atoms with Crippen molar-refractivity contribution in [2.24, 2.45) is 0 Å². The molecule has 0 aliphatic carbocycles. The molecule has 1 aliphatic heterocycles. The van der Waals surface area contributed by atoms with Crippen molar-refractivity contribution in [1.82, 2.24) is 0 Å². The van der Waals surface area contributed by atoms with E-state index in [1.165, 1.54) is 13.0 Å². The van der Waals surface area contributed by atoms with Gasteiger partial charge in [0.05, 0.1) is 16.3 Å². The van der Waals surface area contributed by atoms with Gasteiger partial charge in [-0.05, 0) is 25.1 Å². The molecule has 2 rings (SSSR count). The average molecular weight is 222 g/mol. The maximum Gasteiger partial charge on any atom is 0.256 e. The van der Waals surface area contributed by atoms with Gasteiger partial charge in [-0.1, -0.05) is 17.7 Å². The molecule has 1 N–H and O–H groups in total. The van der Waals surface area contributed by atoms with Crippen molar-refractivity contribution in [3.63, 3.8) is 0 Å². The Kier molecular flexibility index (Phi) is 2.32. The van der Waals surface area contributed by atoms with Crippen LogP contribution in [0, 0.1) is 0 Å². The molecule has 0 bridgehead atoms. The lowest BCUT2D eigenvalue weighted by Crippen LogP contribution is -2.04. The van der Waals surface area contributed by atoms with Crippen molar-refractivity contribution >= 4 is 34.6 Å². The van der Waals surface area contributed by atoms with E-state index in [9.17, 15) is 9.59 Å². The molecule has 0 saturated carbocycles. The Bertz CT molecular complexity index is 491. The van der Waals surface area contributed by atoms with E-state index in [-0.39, 0.29) is 11.7 Å². The molecular weight excluding hydrogens is 214 g/mol. The van der Waals surface area contributed by atoms with Crippen LogP contribution in [0.1, 0.15) is 12.5 Å². The number of halogens is 1. The fourth-order valence-electron chi connectivity index (χ4n) is 1.55. The second kappa shape index (κ2) is 3.51. The SMILES string of the molecule is CC(=O)/C=C1/C(=O)Nc2cccc(Cl)c21. The van der Waals surface area contributed by atoms with Crippen molar-refractivity contribution < 1.29 is 9.59 Å². The molecule has 4 heteroatoms. The van der Waals surface area contributed by atoms with E-state index in [4.69, 9.17) is 11.6 Å². The zero-order chi connectivity index (χ0) is 11.0. The van der Waals surface area contributed by atoms with Crippen LogP contribution in [0.5, 0.6) is 0 Å². The summed E-state index contributed by atoms with van der Waals surface area (Å²) in [5.74, 6) is -0.457. The highest BCUT2D eigenvalue weighted by Crippen LogP contribution is 2.36. The van der Waals surface area contributed by atoms with Crippen LogP contribution in [0.15, 0.2) is 24.3 Å². The number of carbonyl (C=O) groups is 2. The van der Waals surface area contributed by atoms with Crippen molar-refractivity contribution in [2.75, 3.05) is 5.32 Å². The highest BCUT2D eigenvalue weighted by molar-refractivity contribution is 6.41. The summed E-state index contributed by atoms with van der Waals surface area (Å²) in [5.41, 5.74) is 1.60. The van der Waals surface area contributed by atoms with Crippen LogP contribution in [0.25, 0.3) is 5.57 Å². The number of anilines is 1. The molecule has 0 spiro atoms. The van der Waals surface area contributed by atoms with Crippen LogP contribution in [0.2, 0.25) is 5.02 Å². The summed E-state index contributed by atoms with van der Waals surface area (Å²) in [6, 6.07) is 5.19. The molecule has 1 aliphatic rings. The minimum atomic E-state index is -0.284. The molecule has 0 fully saturated rings. The Labute approximate surface area is 91.7 Å². The molecule has 1 amide bonds. The van der Waals surface area contributed by atoms with E-state index in [0.717, 1.165) is 0 Å². The Morgan fingerprint density at radius 1 is 1.47 bits per heavy atom. The number of hydrogen-bond acceptors (Lipinski definition) is 2. The smallest absolute Gasteiger partial charge is 0.256 e. The molecule has 15 heavy (non-hydrogen) atoms. The molecule has 0 atom stereocenters. The van der Waals surface area contributed by atoms with E-state index in [1.807, 2.05) is 0 Å². The van der Waals surface area contributed by atoms with Gasteiger partial charge in [-0.25, -0.2) is 0 Å². The largest absolute Gasteiger partial charge is 0.321 e. The van der Waals surface area contributed by atoms with E-state index in [1.54, 1.807) is 18.2 Å². The summed E-state index contributed by atoms with van der Waals surface area (Å²) in [4.78, 5) is 22.5. The monoisotopic (exact) mass is 221 g/mol. The summed E-state index contributed by atoms with van der Waals surface area (Å²) < 4.78 is 0. The van der Waals surface area contributed by atoms with Crippen LogP contribution in [0.3, 0.4) is 0 Å². The summed E-state index contributed by atoms with van der Waals surface area (Å²) in [7, 11) is 0. The molecule has 0 aromatic heterocycles. The number of fused-ring (bicyclic) bond motifs is 1. The maximum absolute atomic E-state index is 11.5. The lowest BCUT2D eigenvalue weighted by Gasteiger charge is -1.99. The normalized spacial score (nSPS) is 16.4. The molecule has 76 valence electrons. The van der Waals surface area contributed by atoms with Crippen molar-refractivity contribution in [3.8, 4) is 0 Å². The summed E-state index contributed by atoms with van der Waals surface area (Å²) in [5, 5.41) is 3.12. The number of ketones is 1. The minimum absolute atomic E-state index is 0.173. The summed E-state index contributed by atoms with van der Waals surface area (Å²) in [6.45, 7) is 1.40. The van der Waals surface area contributed by atoms with Gasteiger partial charge in [-0.3, -0.25) is 9.59 Å². The Balaban J connectivity index is 2.63. The van der Waals surface area contributed by atoms with Gasteiger partial charge in [0.25, 0.3) is 5.91 Å². The lowest BCUT2D eigenvalue weighted by molar-refractivity contribution is -0.113. The first-order chi connectivity index (χ1) is 7.09. The van der Waals surface area contributed by atoms with E-state index in [0.29, 0.717) is 21.8 Å². The second-order valence-corrected chi connectivity index (χ2v) is 3.69. The number of carbonyl (C=O) groups excluding carboxylic acids is 2. The molecule has 1 heterocycles. The highest BCUT2D eigenvalue weighted by Gasteiger charge is 2.26. The average Bonchev–Trinajstić information content (AvgIpc) is 2.43. The first kappa shape index (κ1) is 9.93. The van der Waals surface area contributed by atoms with E-state index < -0.39 is 0 Å². The van der Waals surface area contributed by atoms with Gasteiger partial charge in [-0.15, -0.1) is 0 Å². The summed E-state index contributed by atoms with van der Waals surface area (Å²) >= 11 is 5.97. The molecular formula is C11H8ClNO2. The zero-order valence-corrected chi connectivity index (χ0v) is 8.76. The zero-order valence-electron chi connectivity index (χ0n) is 8.00. The predicted octanol–water partition coefficient (Wildman–Crippen LogP) is 2.26. The summed E-state index contributed by atoms with van der Waals surface area (Å²) in [6.07, 6.45) is 1.30. The molecule has 1 aromatic carbocycles. The van der Waals surface area contributed by atoms with Crippen molar-refractivity contribution in [3.05, 3.63) is 34.9 Å². The number of hydrogen-bond donors (Lipinski definition) is 1. The van der Waals surface area contributed by atoms with Gasteiger partial charge in [0.2, 0.25) is 0 Å². The third kappa shape index (κ3) is 1.66. The fourth-order valence-corrected chi connectivity index (χ4v) is 1.82. The molecule has 0 radical (unpaired) electrons. The third-order valence-corrected chi connectivity index (χ3v) is 2.44. The fraction of sp³-hybridized carbons (Fsp3) is 0.0909. The Morgan fingerprint density at radius 3 is 2.87 bits per heavy atom. The van der Waals surface area contributed by atoms with Crippen molar-refractivity contribution in [1.29, 1.82) is 0 Å². The van der Waals surface area contributed by atoms with E-state index >= 15 is 0 Å². The van der Waals surface area contributed by atoms with Crippen LogP contribution >= 0.6 is 11.6 Å². The van der Waals surface area contributed by atoms with Gasteiger partial charge in [-0.2, -0.15) is 0 Å². The van der Waals surface area contributed by atoms with Gasteiger partial charge in [0.1, 0.15) is 0 Å². The number of amides is 1. The van der Waals surface area contributed by atoms with Gasteiger partial charge < -0.3 is 5.32 Å². The van der Waals surface area contributed by atoms with Crippen LogP contribution in [-0.2, 0) is 9.59 Å². The minimum Gasteiger partial charge on any atom is -0.321 e. The van der Waals surface area contributed by atoms with Gasteiger partial charge >= 0.3 is 0 Å². The van der Waals surface area contributed by atoms with Crippen LogP contribution in [0.4, 0.5) is 5.69 Å². The number of allylic oxidation sites excluding steroid dienone is 1. The number of nitrogens with one attached hydrogen (secondary N) is 1. The molecule has 1 aromatic rings. The van der Waals surface area contributed by atoms with E-state index in [2.05, 4.69) is 5.32 Å². The van der Waals surface area contributed by atoms with Crippen LogP contribution < -0.4 is 5.32 Å². The van der Waals surface area contributed by atoms with Gasteiger partial charge in [0.15, 0.2) is 5.78 Å². The van der Waals surface area contributed by atoms with Crippen molar-refractivity contribution in [2.45, 2.75) is 6.92 Å². The third-order valence-electron chi connectivity index (χ3n) is 2.12. The predicted molar refractivity (Wildman–Crippen MR) is 58.7 cm³/mol. The first-order valence-corrected chi connectivity index (χ1v) is 4.80. The molecule has 0 saturated heterocycles. The second-order valence-electron chi connectivity index (χ2n) is 3.29. The topological polar surface area (TPSA) is 46.2 Å². The molecule has 0 unspecified atom stereocenters. The van der Waals surface area contributed by atoms with Crippen LogP contribution in [-0.4, -0.2) is 11.7 Å². The van der Waals surface area contributed by atoms with Gasteiger partial charge in [0, 0.05) is 5.56 Å². The maximum atomic E-state index is 11.5. The number of benzene rings is 1. The standard InChI is InChI=1S/C11H8ClNO2/c1-6(14)5-7-10-8(12)3-2-4-9(10)13-11(7)15/h2-5H,1H3,(H,13,15)/b7-5+. The quantitative estimate of drug-likeness (QED) is 0.740. The number of rotatable bonds is 1.